The molecule has 12 heteroatoms. The predicted octanol–water partition coefficient (Wildman–Crippen LogP) is 7.40. The van der Waals surface area contributed by atoms with Gasteiger partial charge in [-0.25, -0.2) is 4.21 Å². The summed E-state index contributed by atoms with van der Waals surface area (Å²) in [5, 5.41) is 9.06. The molecule has 2 N–H and O–H groups in total. The van der Waals surface area contributed by atoms with Crippen molar-refractivity contribution >= 4 is 40.5 Å². The molecule has 57 heavy (non-hydrogen) atoms. The molecular weight excluding hydrogens is 760 g/mol. The molecule has 7 unspecified atom stereocenters. The molecule has 0 aromatic heterocycles. The molecule has 1 amide bonds. The highest BCUT2D eigenvalue weighted by Gasteiger charge is 2.38. The number of amides is 1. The quantitative estimate of drug-likeness (QED) is 0.218. The van der Waals surface area contributed by atoms with Crippen molar-refractivity contribution in [3.63, 3.8) is 0 Å². The Labute approximate surface area is 351 Å². The maximum Gasteiger partial charge on any atom is 0.263 e. The first-order valence-electron chi connectivity index (χ1n) is 21.1. The summed E-state index contributed by atoms with van der Waals surface area (Å²) in [6, 6.07) is 11.7. The molecule has 2 fully saturated rings. The zero-order chi connectivity index (χ0) is 41.9. The third kappa shape index (κ3) is 15.1. The Bertz CT molecular complexity index is 1560. The summed E-state index contributed by atoms with van der Waals surface area (Å²) in [5.41, 5.74) is 3.87. The van der Waals surface area contributed by atoms with Crippen molar-refractivity contribution in [2.45, 2.75) is 84.3 Å². The number of halogens is 1. The molecule has 2 aromatic carbocycles. The second-order valence-electron chi connectivity index (χ2n) is 15.9. The number of rotatable bonds is 7. The fourth-order valence-electron chi connectivity index (χ4n) is 7.71. The molecule has 3 heterocycles. The van der Waals surface area contributed by atoms with Crippen molar-refractivity contribution in [3.8, 4) is 5.75 Å². The van der Waals surface area contributed by atoms with Gasteiger partial charge < -0.3 is 29.2 Å². The van der Waals surface area contributed by atoms with E-state index >= 15 is 0 Å². The lowest BCUT2D eigenvalue weighted by Gasteiger charge is -2.44. The Morgan fingerprint density at radius 3 is 2.40 bits per heavy atom. The minimum absolute atomic E-state index is 0.114. The summed E-state index contributed by atoms with van der Waals surface area (Å²) in [6.45, 7) is 16.9. The molecule has 320 valence electrons. The highest BCUT2D eigenvalue weighted by Crippen LogP contribution is 2.45. The van der Waals surface area contributed by atoms with Crippen LogP contribution in [0, 0.1) is 23.7 Å². The van der Waals surface area contributed by atoms with E-state index in [0.717, 1.165) is 101 Å². The number of carbonyl (C=O) groups excluding carboxylic acids is 2. The molecular formula is C45H71ClN4O6S. The van der Waals surface area contributed by atoms with E-state index < -0.39 is 11.0 Å². The summed E-state index contributed by atoms with van der Waals surface area (Å²) < 4.78 is 27.4. The van der Waals surface area contributed by atoms with Gasteiger partial charge in [-0.15, -0.1) is 0 Å². The minimum atomic E-state index is -1.53. The number of carbonyl (C=O) groups is 2. The molecule has 7 atom stereocenters. The molecule has 1 saturated carbocycles. The number of fused-ring (bicyclic) bond motifs is 2. The van der Waals surface area contributed by atoms with Gasteiger partial charge in [0.1, 0.15) is 23.0 Å². The monoisotopic (exact) mass is 830 g/mol. The Hall–Kier alpha value is -2.80. The number of anilines is 1. The molecule has 6 rings (SSSR count). The van der Waals surface area contributed by atoms with E-state index in [0.29, 0.717) is 30.4 Å². The summed E-state index contributed by atoms with van der Waals surface area (Å²) in [5.74, 6) is 1.70. The van der Waals surface area contributed by atoms with Crippen molar-refractivity contribution < 1.29 is 28.4 Å². The molecule has 1 saturated heterocycles. The number of nitrogens with one attached hydrogen (secondary N) is 1. The number of ether oxygens (including phenoxy) is 2. The largest absolute Gasteiger partial charge is 0.491 e. The minimum Gasteiger partial charge on any atom is -0.491 e. The Morgan fingerprint density at radius 2 is 1.77 bits per heavy atom. The number of aliphatic hydroxyl groups is 1. The van der Waals surface area contributed by atoms with Crippen molar-refractivity contribution in [2.75, 3.05) is 85.2 Å². The summed E-state index contributed by atoms with van der Waals surface area (Å²) in [6.07, 6.45) is 10.9. The van der Waals surface area contributed by atoms with E-state index in [1.807, 2.05) is 65.0 Å². The number of nitrogens with zero attached hydrogens (tertiary/aromatic N) is 3. The number of allylic oxidation sites excluding steroid dienone is 2. The van der Waals surface area contributed by atoms with Gasteiger partial charge in [-0.3, -0.25) is 14.4 Å². The summed E-state index contributed by atoms with van der Waals surface area (Å²) >= 11 is 6.40. The van der Waals surface area contributed by atoms with Gasteiger partial charge in [0.25, 0.3) is 5.91 Å². The average molecular weight is 832 g/mol. The van der Waals surface area contributed by atoms with E-state index in [9.17, 15) is 13.8 Å². The number of hydrogen-bond acceptors (Lipinski definition) is 9. The van der Waals surface area contributed by atoms with Crippen LogP contribution in [0.25, 0.3) is 0 Å². The standard InChI is InChI=1S/C34H43ClN2O4S.C6H13NO2.C3H9N.C2H6/c1-4-6-25-17-29(35)11-13-31(25)28-20-37-19-27-9-12-30(27)24(15-16-38)8-5-7-22(2)23(3)42(40)36-34(39)26-10-14-33(41-21-28)32(37)18-26;8-4-1-7-2-5-9-6-3-7;1-4(2)3;1-2/h5,8,10-11,13-14,16-18,22-24,27-28,30H,4,6-7,9,12,15,19-21H2,1-3H3,(H,36,39);8H,1-6H2;1-3H3;1-2H3/b8-5+;;;. The highest BCUT2D eigenvalue weighted by molar-refractivity contribution is 7.84. The second kappa shape index (κ2) is 25.6. The molecule has 2 bridgehead atoms. The first-order chi connectivity index (χ1) is 27.4. The molecule has 2 aromatic rings. The van der Waals surface area contributed by atoms with Gasteiger partial charge in [0.15, 0.2) is 0 Å². The van der Waals surface area contributed by atoms with Crippen LogP contribution in [0.15, 0.2) is 48.6 Å². The maximum absolute atomic E-state index is 13.3. The van der Waals surface area contributed by atoms with Gasteiger partial charge in [0.05, 0.1) is 37.4 Å². The van der Waals surface area contributed by atoms with Gasteiger partial charge in [0.2, 0.25) is 0 Å². The lowest BCUT2D eigenvalue weighted by Crippen LogP contribution is -2.42. The number of benzene rings is 2. The Balaban J connectivity index is 0.000000491. The first-order valence-corrected chi connectivity index (χ1v) is 22.7. The number of β-amino-alcohol motifs (C(OH)–C–C–N with tert-alkyl or cyclic N) is 1. The van der Waals surface area contributed by atoms with Crippen LogP contribution in [0.3, 0.4) is 0 Å². The van der Waals surface area contributed by atoms with Crippen LogP contribution in [0.1, 0.15) is 94.1 Å². The Morgan fingerprint density at radius 1 is 1.05 bits per heavy atom. The maximum atomic E-state index is 13.3. The van der Waals surface area contributed by atoms with Gasteiger partial charge in [0, 0.05) is 55.6 Å². The van der Waals surface area contributed by atoms with Crippen LogP contribution < -0.4 is 14.4 Å². The smallest absolute Gasteiger partial charge is 0.263 e. The van der Waals surface area contributed by atoms with Gasteiger partial charge in [-0.05, 0) is 119 Å². The molecule has 10 nitrogen and oxygen atoms in total. The number of aldehydes is 1. The van der Waals surface area contributed by atoms with Crippen molar-refractivity contribution in [1.82, 2.24) is 14.5 Å². The summed E-state index contributed by atoms with van der Waals surface area (Å²) in [7, 11) is 4.47. The second-order valence-corrected chi connectivity index (χ2v) is 17.8. The predicted molar refractivity (Wildman–Crippen MR) is 236 cm³/mol. The van der Waals surface area contributed by atoms with Crippen LogP contribution >= 0.6 is 11.6 Å². The number of morpholine rings is 1. The first kappa shape index (κ1) is 48.6. The molecule has 0 spiro atoms. The fourth-order valence-corrected chi connectivity index (χ4v) is 8.92. The zero-order valence-corrected chi connectivity index (χ0v) is 37.5. The fraction of sp³-hybridized carbons (Fsp3) is 0.644. The van der Waals surface area contributed by atoms with E-state index in [4.69, 9.17) is 26.2 Å². The molecule has 3 aliphatic heterocycles. The molecule has 4 aliphatic rings. The van der Waals surface area contributed by atoms with Gasteiger partial charge in [-0.1, -0.05) is 63.9 Å². The third-order valence-corrected chi connectivity index (χ3v) is 12.9. The van der Waals surface area contributed by atoms with Crippen LogP contribution in [0.4, 0.5) is 5.69 Å². The Kier molecular flexibility index (Phi) is 21.8. The third-order valence-electron chi connectivity index (χ3n) is 11.1. The van der Waals surface area contributed by atoms with Crippen molar-refractivity contribution in [1.29, 1.82) is 0 Å². The SMILES string of the molecule is CC.CCCc1cc(Cl)ccc1C1COc2ccc3cc2N(C1)CC1CCC1C(CC=O)/C=C/CC(C)C(C)S(=O)NC3=O.CN(C)C.OCCN1CCOCC1. The van der Waals surface area contributed by atoms with Crippen LogP contribution in [0.5, 0.6) is 5.75 Å². The van der Waals surface area contributed by atoms with E-state index in [-0.39, 0.29) is 35.5 Å². The van der Waals surface area contributed by atoms with E-state index in [2.05, 4.69) is 52.7 Å². The molecule has 1 aliphatic carbocycles. The van der Waals surface area contributed by atoms with E-state index in [1.54, 1.807) is 6.07 Å². The number of aryl methyl sites for hydroxylation is 1. The van der Waals surface area contributed by atoms with Gasteiger partial charge in [-0.2, -0.15) is 0 Å². The van der Waals surface area contributed by atoms with Crippen LogP contribution in [-0.4, -0.2) is 117 Å². The van der Waals surface area contributed by atoms with Crippen LogP contribution in [0.2, 0.25) is 5.02 Å². The summed E-state index contributed by atoms with van der Waals surface area (Å²) in [4.78, 5) is 31.6. The van der Waals surface area contributed by atoms with Gasteiger partial charge >= 0.3 is 0 Å². The number of aliphatic hydroxyl groups excluding tert-OH is 1. The van der Waals surface area contributed by atoms with Crippen molar-refractivity contribution in [3.05, 3.63) is 70.3 Å². The topological polar surface area (TPSA) is 112 Å². The highest BCUT2D eigenvalue weighted by atomic mass is 35.5. The van der Waals surface area contributed by atoms with E-state index in [1.165, 1.54) is 11.1 Å². The molecule has 0 radical (unpaired) electrons. The normalized spacial score (nSPS) is 26.8. The zero-order valence-electron chi connectivity index (χ0n) is 35.9. The lowest BCUT2D eigenvalue weighted by atomic mass is 9.65. The van der Waals surface area contributed by atoms with Crippen molar-refractivity contribution in [2.24, 2.45) is 23.7 Å². The average Bonchev–Trinajstić information content (AvgIpc) is 3.36. The van der Waals surface area contributed by atoms with Crippen LogP contribution in [-0.2, 0) is 26.9 Å². The lowest BCUT2D eigenvalue weighted by molar-refractivity contribution is -0.109. The number of hydrogen-bond donors (Lipinski definition) is 2.